The molecule has 20 heavy (non-hydrogen) atoms. The molecule has 1 aromatic carbocycles. The van der Waals surface area contributed by atoms with Crippen molar-refractivity contribution in [2.24, 2.45) is 0 Å². The number of carbonyl (C=O) groups is 1. The summed E-state index contributed by atoms with van der Waals surface area (Å²) in [5.41, 5.74) is 0.0518. The lowest BCUT2D eigenvalue weighted by Gasteiger charge is -2.15. The standard InChI is InChI=1S/C13H19N3O4/c1-9(8-14-2)20-12-6-5-10(13(17)15(3)4)7-11(12)16(18)19/h5-7,9,14H,8H2,1-4H3. The van der Waals surface area contributed by atoms with E-state index in [1.165, 1.54) is 23.1 Å². The van der Waals surface area contributed by atoms with E-state index < -0.39 is 4.92 Å². The summed E-state index contributed by atoms with van der Waals surface area (Å²) >= 11 is 0. The lowest BCUT2D eigenvalue weighted by molar-refractivity contribution is -0.386. The van der Waals surface area contributed by atoms with E-state index in [0.717, 1.165) is 0 Å². The Balaban J connectivity index is 3.08. The third-order valence-corrected chi connectivity index (χ3v) is 2.63. The van der Waals surface area contributed by atoms with E-state index in [1.807, 2.05) is 0 Å². The quantitative estimate of drug-likeness (QED) is 0.627. The molecule has 0 saturated heterocycles. The van der Waals surface area contributed by atoms with Crippen LogP contribution in [0.2, 0.25) is 0 Å². The number of benzene rings is 1. The van der Waals surface area contributed by atoms with E-state index >= 15 is 0 Å². The summed E-state index contributed by atoms with van der Waals surface area (Å²) < 4.78 is 5.51. The molecule has 7 heteroatoms. The van der Waals surface area contributed by atoms with Crippen LogP contribution in [0.25, 0.3) is 0 Å². The van der Waals surface area contributed by atoms with Gasteiger partial charge in [-0.15, -0.1) is 0 Å². The second-order valence-electron chi connectivity index (χ2n) is 4.63. The molecule has 0 radical (unpaired) electrons. The highest BCUT2D eigenvalue weighted by molar-refractivity contribution is 5.94. The van der Waals surface area contributed by atoms with Gasteiger partial charge < -0.3 is 15.0 Å². The van der Waals surface area contributed by atoms with E-state index in [9.17, 15) is 14.9 Å². The summed E-state index contributed by atoms with van der Waals surface area (Å²) in [5, 5.41) is 14.0. The van der Waals surface area contributed by atoms with Crippen LogP contribution in [0.4, 0.5) is 5.69 Å². The van der Waals surface area contributed by atoms with Crippen LogP contribution in [-0.2, 0) is 0 Å². The van der Waals surface area contributed by atoms with Crippen molar-refractivity contribution in [3.63, 3.8) is 0 Å². The average Bonchev–Trinajstić information content (AvgIpc) is 2.38. The SMILES string of the molecule is CNCC(C)Oc1ccc(C(=O)N(C)C)cc1[N+](=O)[O-]. The van der Waals surface area contributed by atoms with Gasteiger partial charge in [0.05, 0.1) is 4.92 Å². The van der Waals surface area contributed by atoms with Crippen molar-refractivity contribution in [1.82, 2.24) is 10.2 Å². The van der Waals surface area contributed by atoms with Crippen molar-refractivity contribution in [2.75, 3.05) is 27.7 Å². The van der Waals surface area contributed by atoms with Gasteiger partial charge in [0, 0.05) is 32.3 Å². The van der Waals surface area contributed by atoms with E-state index in [4.69, 9.17) is 4.74 Å². The molecule has 0 bridgehead atoms. The van der Waals surface area contributed by atoms with E-state index in [0.29, 0.717) is 6.54 Å². The monoisotopic (exact) mass is 281 g/mol. The van der Waals surface area contributed by atoms with Crippen LogP contribution in [0.3, 0.4) is 0 Å². The molecule has 1 N–H and O–H groups in total. The summed E-state index contributed by atoms with van der Waals surface area (Å²) in [6.07, 6.45) is -0.214. The molecule has 0 aromatic heterocycles. The second-order valence-corrected chi connectivity index (χ2v) is 4.63. The van der Waals surface area contributed by atoms with Gasteiger partial charge in [0.25, 0.3) is 5.91 Å². The third kappa shape index (κ3) is 3.92. The van der Waals surface area contributed by atoms with E-state index in [1.54, 1.807) is 28.1 Å². The highest BCUT2D eigenvalue weighted by atomic mass is 16.6. The van der Waals surface area contributed by atoms with Crippen molar-refractivity contribution in [3.05, 3.63) is 33.9 Å². The first-order valence-electron chi connectivity index (χ1n) is 6.18. The maximum absolute atomic E-state index is 11.8. The van der Waals surface area contributed by atoms with Crippen LogP contribution in [0.1, 0.15) is 17.3 Å². The number of nitrogens with zero attached hydrogens (tertiary/aromatic N) is 2. The molecule has 0 fully saturated rings. The molecule has 0 aliphatic rings. The Morgan fingerprint density at radius 3 is 2.65 bits per heavy atom. The lowest BCUT2D eigenvalue weighted by atomic mass is 10.1. The zero-order chi connectivity index (χ0) is 15.3. The van der Waals surface area contributed by atoms with Crippen molar-refractivity contribution in [3.8, 4) is 5.75 Å². The molecule has 0 aliphatic heterocycles. The molecule has 0 heterocycles. The third-order valence-electron chi connectivity index (χ3n) is 2.63. The Labute approximate surface area is 117 Å². The fourth-order valence-electron chi connectivity index (χ4n) is 1.70. The van der Waals surface area contributed by atoms with Gasteiger partial charge in [-0.25, -0.2) is 0 Å². The number of carbonyl (C=O) groups excluding carboxylic acids is 1. The van der Waals surface area contributed by atoms with Gasteiger partial charge >= 0.3 is 5.69 Å². The van der Waals surface area contributed by atoms with Crippen molar-refractivity contribution in [1.29, 1.82) is 0 Å². The van der Waals surface area contributed by atoms with Gasteiger partial charge in [0.1, 0.15) is 6.10 Å². The summed E-state index contributed by atoms with van der Waals surface area (Å²) in [6, 6.07) is 4.22. The van der Waals surface area contributed by atoms with Crippen LogP contribution in [0.15, 0.2) is 18.2 Å². The van der Waals surface area contributed by atoms with Gasteiger partial charge in [-0.05, 0) is 26.1 Å². The highest BCUT2D eigenvalue weighted by Gasteiger charge is 2.20. The summed E-state index contributed by atoms with van der Waals surface area (Å²) in [5.74, 6) is -0.129. The predicted molar refractivity (Wildman–Crippen MR) is 75.1 cm³/mol. The zero-order valence-corrected chi connectivity index (χ0v) is 12.0. The number of rotatable bonds is 6. The van der Waals surface area contributed by atoms with Crippen LogP contribution in [-0.4, -0.2) is 49.5 Å². The van der Waals surface area contributed by atoms with E-state index in [2.05, 4.69) is 5.32 Å². The molecule has 1 rings (SSSR count). The molecule has 0 aliphatic carbocycles. The summed E-state index contributed by atoms with van der Waals surface area (Å²) in [7, 11) is 4.95. The molecule has 1 atom stereocenters. The first kappa shape index (κ1) is 15.9. The van der Waals surface area contributed by atoms with Gasteiger partial charge in [-0.1, -0.05) is 0 Å². The molecule has 110 valence electrons. The number of nitrogens with one attached hydrogen (secondary N) is 1. The smallest absolute Gasteiger partial charge is 0.311 e. The Morgan fingerprint density at radius 1 is 1.50 bits per heavy atom. The molecular weight excluding hydrogens is 262 g/mol. The zero-order valence-electron chi connectivity index (χ0n) is 12.0. The summed E-state index contributed by atoms with van der Waals surface area (Å²) in [6.45, 7) is 2.37. The van der Waals surface area contributed by atoms with Gasteiger partial charge in [-0.3, -0.25) is 14.9 Å². The number of ether oxygens (including phenoxy) is 1. The summed E-state index contributed by atoms with van der Waals surface area (Å²) in [4.78, 5) is 23.7. The molecule has 7 nitrogen and oxygen atoms in total. The van der Waals surface area contributed by atoms with Gasteiger partial charge in [0.15, 0.2) is 5.75 Å². The topological polar surface area (TPSA) is 84.7 Å². The maximum atomic E-state index is 11.8. The molecule has 1 unspecified atom stereocenters. The first-order chi connectivity index (χ1) is 9.36. The number of nitro benzene ring substituents is 1. The minimum absolute atomic E-state index is 0.160. The molecule has 1 aromatic rings. The Bertz CT molecular complexity index is 502. The predicted octanol–water partition coefficient (Wildman–Crippen LogP) is 1.28. The first-order valence-corrected chi connectivity index (χ1v) is 6.18. The van der Waals surface area contributed by atoms with E-state index in [-0.39, 0.29) is 29.0 Å². The molecule has 1 amide bonds. The van der Waals surface area contributed by atoms with Crippen molar-refractivity contribution >= 4 is 11.6 Å². The maximum Gasteiger partial charge on any atom is 0.311 e. The lowest BCUT2D eigenvalue weighted by Crippen LogP contribution is -2.26. The fraction of sp³-hybridized carbons (Fsp3) is 0.462. The second kappa shape index (κ2) is 6.85. The van der Waals surface area contributed by atoms with Gasteiger partial charge in [-0.2, -0.15) is 0 Å². The minimum Gasteiger partial charge on any atom is -0.482 e. The van der Waals surface area contributed by atoms with Crippen LogP contribution < -0.4 is 10.1 Å². The molecule has 0 spiro atoms. The number of hydrogen-bond acceptors (Lipinski definition) is 5. The average molecular weight is 281 g/mol. The Kier molecular flexibility index (Phi) is 5.45. The Hall–Kier alpha value is -2.15. The highest BCUT2D eigenvalue weighted by Crippen LogP contribution is 2.29. The number of hydrogen-bond donors (Lipinski definition) is 1. The molecular formula is C13H19N3O4. The fourth-order valence-corrected chi connectivity index (χ4v) is 1.70. The molecule has 0 saturated carbocycles. The van der Waals surface area contributed by atoms with Crippen molar-refractivity contribution < 1.29 is 14.5 Å². The number of likely N-dealkylation sites (N-methyl/N-ethyl adjacent to an activating group) is 1. The largest absolute Gasteiger partial charge is 0.482 e. The minimum atomic E-state index is -0.548. The van der Waals surface area contributed by atoms with Crippen molar-refractivity contribution in [2.45, 2.75) is 13.0 Å². The number of nitro groups is 1. The number of amides is 1. The van der Waals surface area contributed by atoms with Crippen LogP contribution >= 0.6 is 0 Å². The van der Waals surface area contributed by atoms with Crippen LogP contribution in [0.5, 0.6) is 5.75 Å². The normalized spacial score (nSPS) is 11.8. The van der Waals surface area contributed by atoms with Crippen LogP contribution in [0, 0.1) is 10.1 Å². The van der Waals surface area contributed by atoms with Gasteiger partial charge in [0.2, 0.25) is 0 Å². The Morgan fingerprint density at radius 2 is 2.15 bits per heavy atom.